The van der Waals surface area contributed by atoms with E-state index in [0.717, 1.165) is 0 Å². The molecule has 0 saturated carbocycles. The lowest BCUT2D eigenvalue weighted by molar-refractivity contribution is -0.114. The first kappa shape index (κ1) is 18.3. The number of ether oxygens (including phenoxy) is 1. The predicted octanol–water partition coefficient (Wildman–Crippen LogP) is 3.50. The summed E-state index contributed by atoms with van der Waals surface area (Å²) < 4.78 is 18.8. The van der Waals surface area contributed by atoms with Gasteiger partial charge in [0, 0.05) is 6.08 Å². The minimum atomic E-state index is -0.811. The van der Waals surface area contributed by atoms with Crippen LogP contribution >= 0.6 is 0 Å². The summed E-state index contributed by atoms with van der Waals surface area (Å²) in [5.74, 6) is -1.13. The molecule has 0 aromatic heterocycles. The van der Waals surface area contributed by atoms with Crippen LogP contribution in [0.25, 0.3) is 6.08 Å². The minimum absolute atomic E-state index is 0.0629. The summed E-state index contributed by atoms with van der Waals surface area (Å²) in [5.41, 5.74) is 0.488. The highest BCUT2D eigenvalue weighted by molar-refractivity contribution is 6.32. The maximum absolute atomic E-state index is 13.7. The van der Waals surface area contributed by atoms with E-state index >= 15 is 0 Å². The Morgan fingerprint density at radius 1 is 1.21 bits per heavy atom. The lowest BCUT2D eigenvalue weighted by Crippen LogP contribution is -2.38. The van der Waals surface area contributed by atoms with Gasteiger partial charge in [-0.15, -0.1) is 5.06 Å². The third-order valence-electron chi connectivity index (χ3n) is 4.18. The number of aliphatic imine (C=N–C) groups is 1. The van der Waals surface area contributed by atoms with Gasteiger partial charge in [0.25, 0.3) is 5.91 Å². The normalized spacial score (nSPS) is 16.9. The molecule has 0 aliphatic carbocycles. The number of nitrogens with zero attached hydrogens (tertiary/aromatic N) is 2. The number of benzene rings is 2. The van der Waals surface area contributed by atoms with Gasteiger partial charge in [0.15, 0.2) is 11.7 Å². The molecule has 2 aliphatic rings. The van der Waals surface area contributed by atoms with Gasteiger partial charge in [0.1, 0.15) is 17.3 Å². The number of hydroxylamine groups is 2. The van der Waals surface area contributed by atoms with E-state index in [1.807, 2.05) is 0 Å². The Balaban J connectivity index is 1.52. The number of hydrogen-bond acceptors (Lipinski definition) is 5. The number of rotatable bonds is 3. The Hall–Kier alpha value is -4.07. The molecule has 2 heterocycles. The first-order valence-corrected chi connectivity index (χ1v) is 8.59. The molecule has 0 fully saturated rings. The van der Waals surface area contributed by atoms with Gasteiger partial charge in [-0.2, -0.15) is 4.99 Å². The molecule has 0 radical (unpaired) electrons. The highest BCUT2D eigenvalue weighted by Crippen LogP contribution is 2.24. The molecule has 0 atom stereocenters. The topological polar surface area (TPSA) is 92.0 Å². The molecule has 1 N–H and O–H groups in total. The van der Waals surface area contributed by atoms with E-state index < -0.39 is 17.7 Å². The van der Waals surface area contributed by atoms with Crippen molar-refractivity contribution in [2.75, 3.05) is 0 Å². The minimum Gasteiger partial charge on any atom is -0.423 e. The van der Waals surface area contributed by atoms with Crippen LogP contribution in [-0.2, 0) is 9.63 Å². The highest BCUT2D eigenvalue weighted by atomic mass is 19.1. The van der Waals surface area contributed by atoms with Crippen molar-refractivity contribution in [3.8, 4) is 5.75 Å². The molecule has 144 valence electrons. The highest BCUT2D eigenvalue weighted by Gasteiger charge is 2.34. The number of hydrogen-bond donors (Lipinski definition) is 1. The maximum atomic E-state index is 13.7. The molecule has 8 heteroatoms. The van der Waals surface area contributed by atoms with Crippen molar-refractivity contribution in [1.29, 1.82) is 5.41 Å². The fourth-order valence-electron chi connectivity index (χ4n) is 2.79. The monoisotopic (exact) mass is 391 g/mol. The standard InChI is InChI=1S/C21H14FN3O4/c1-12-10-18-24-20(26)16(19(23)25(18)29-12)11-13-6-8-14(9-7-13)28-21(27)15-4-2-3-5-17(15)22/h2-11,23H,1H3/b16-11-,23-19?. The molecule has 0 saturated heterocycles. The Morgan fingerprint density at radius 3 is 2.66 bits per heavy atom. The van der Waals surface area contributed by atoms with Crippen LogP contribution in [0, 0.1) is 11.2 Å². The van der Waals surface area contributed by atoms with E-state index in [2.05, 4.69) is 4.99 Å². The predicted molar refractivity (Wildman–Crippen MR) is 103 cm³/mol. The third-order valence-corrected chi connectivity index (χ3v) is 4.18. The van der Waals surface area contributed by atoms with Crippen LogP contribution in [0.15, 0.2) is 70.9 Å². The van der Waals surface area contributed by atoms with Crippen LogP contribution in [0.3, 0.4) is 0 Å². The number of esters is 1. The summed E-state index contributed by atoms with van der Waals surface area (Å²) in [6, 6.07) is 11.8. The van der Waals surface area contributed by atoms with Gasteiger partial charge in [0.05, 0.1) is 11.1 Å². The summed E-state index contributed by atoms with van der Waals surface area (Å²) in [4.78, 5) is 33.6. The van der Waals surface area contributed by atoms with Gasteiger partial charge in [-0.05, 0) is 42.8 Å². The second-order valence-electron chi connectivity index (χ2n) is 6.26. The van der Waals surface area contributed by atoms with Crippen LogP contribution in [0.4, 0.5) is 4.39 Å². The molecule has 2 aliphatic heterocycles. The molecule has 0 unspecified atom stereocenters. The summed E-state index contributed by atoms with van der Waals surface area (Å²) in [6.45, 7) is 1.70. The first-order chi connectivity index (χ1) is 13.9. The van der Waals surface area contributed by atoms with E-state index in [9.17, 15) is 14.0 Å². The number of carbonyl (C=O) groups excluding carboxylic acids is 2. The van der Waals surface area contributed by atoms with E-state index in [1.165, 1.54) is 41.5 Å². The van der Waals surface area contributed by atoms with Crippen molar-refractivity contribution in [3.63, 3.8) is 0 Å². The summed E-state index contributed by atoms with van der Waals surface area (Å²) in [6.07, 6.45) is 3.06. The summed E-state index contributed by atoms with van der Waals surface area (Å²) >= 11 is 0. The Labute approximate surface area is 164 Å². The van der Waals surface area contributed by atoms with Crippen molar-refractivity contribution in [3.05, 3.63) is 82.9 Å². The van der Waals surface area contributed by atoms with Crippen LogP contribution in [0.1, 0.15) is 22.8 Å². The molecule has 4 rings (SSSR count). The zero-order chi connectivity index (χ0) is 20.5. The van der Waals surface area contributed by atoms with Crippen molar-refractivity contribution in [2.24, 2.45) is 4.99 Å². The largest absolute Gasteiger partial charge is 0.423 e. The summed E-state index contributed by atoms with van der Waals surface area (Å²) in [5, 5.41) is 9.36. The van der Waals surface area contributed by atoms with Crippen LogP contribution in [-0.4, -0.2) is 28.6 Å². The quantitative estimate of drug-likeness (QED) is 0.491. The second-order valence-corrected chi connectivity index (χ2v) is 6.26. The number of halogens is 1. The van der Waals surface area contributed by atoms with Crippen LogP contribution in [0.2, 0.25) is 0 Å². The molecule has 0 spiro atoms. The second kappa shape index (κ2) is 7.16. The zero-order valence-electron chi connectivity index (χ0n) is 15.2. The van der Waals surface area contributed by atoms with Crippen molar-refractivity contribution in [2.45, 2.75) is 6.92 Å². The van der Waals surface area contributed by atoms with Gasteiger partial charge in [-0.1, -0.05) is 24.3 Å². The molecular formula is C21H14FN3O4. The number of nitrogens with one attached hydrogen (secondary N) is 1. The third kappa shape index (κ3) is 3.55. The fourth-order valence-corrected chi connectivity index (χ4v) is 2.79. The van der Waals surface area contributed by atoms with Gasteiger partial charge >= 0.3 is 5.97 Å². The van der Waals surface area contributed by atoms with E-state index in [0.29, 0.717) is 11.3 Å². The van der Waals surface area contributed by atoms with Crippen LogP contribution < -0.4 is 4.74 Å². The van der Waals surface area contributed by atoms with Crippen molar-refractivity contribution < 1.29 is 23.6 Å². The fraction of sp³-hybridized carbons (Fsp3) is 0.0476. The Bertz CT molecular complexity index is 1130. The number of amides is 1. The smallest absolute Gasteiger partial charge is 0.346 e. The van der Waals surface area contributed by atoms with Crippen LogP contribution in [0.5, 0.6) is 5.75 Å². The van der Waals surface area contributed by atoms with Crippen molar-refractivity contribution >= 4 is 29.6 Å². The molecule has 1 amide bonds. The molecule has 7 nitrogen and oxygen atoms in total. The van der Waals surface area contributed by atoms with E-state index in [-0.39, 0.29) is 28.6 Å². The lowest BCUT2D eigenvalue weighted by atomic mass is 10.1. The first-order valence-electron chi connectivity index (χ1n) is 8.59. The SMILES string of the molecule is CC1=CC2=NC(=O)/C(=C\c3ccc(OC(=O)c4ccccc4F)cc3)C(=N)N2O1. The average Bonchev–Trinajstić information content (AvgIpc) is 3.07. The zero-order valence-corrected chi connectivity index (χ0v) is 15.2. The van der Waals surface area contributed by atoms with Crippen molar-refractivity contribution in [1.82, 2.24) is 5.06 Å². The van der Waals surface area contributed by atoms with Gasteiger partial charge < -0.3 is 9.57 Å². The molecule has 29 heavy (non-hydrogen) atoms. The average molecular weight is 391 g/mol. The Morgan fingerprint density at radius 2 is 1.93 bits per heavy atom. The number of fused-ring (bicyclic) bond motifs is 1. The molecule has 2 aromatic rings. The number of allylic oxidation sites excluding steroid dienone is 1. The van der Waals surface area contributed by atoms with E-state index in [4.69, 9.17) is 15.0 Å². The molecule has 2 aromatic carbocycles. The molecule has 0 bridgehead atoms. The Kier molecular flexibility index (Phi) is 4.52. The molecular weight excluding hydrogens is 377 g/mol. The lowest BCUT2D eigenvalue weighted by Gasteiger charge is -2.22. The van der Waals surface area contributed by atoms with Gasteiger partial charge in [-0.3, -0.25) is 10.2 Å². The number of carbonyl (C=O) groups is 2. The van der Waals surface area contributed by atoms with E-state index in [1.54, 1.807) is 31.2 Å². The van der Waals surface area contributed by atoms with Gasteiger partial charge in [0.2, 0.25) is 0 Å². The summed E-state index contributed by atoms with van der Waals surface area (Å²) in [7, 11) is 0. The maximum Gasteiger partial charge on any atom is 0.346 e. The number of amidine groups is 2. The van der Waals surface area contributed by atoms with Gasteiger partial charge in [-0.25, -0.2) is 9.18 Å².